The minimum absolute atomic E-state index is 0. The van der Waals surface area contributed by atoms with Crippen LogP contribution in [0.1, 0.15) is 45.2 Å². The molecule has 5 aromatic carbocycles. The molecule has 0 spiro atoms. The van der Waals surface area contributed by atoms with E-state index in [4.69, 9.17) is 0 Å². The molecule has 0 bridgehead atoms. The summed E-state index contributed by atoms with van der Waals surface area (Å²) in [7, 11) is 0. The molecule has 1 aliphatic rings. The summed E-state index contributed by atoms with van der Waals surface area (Å²) >= 11 is 1.46. The Morgan fingerprint density at radius 2 is 1.24 bits per heavy atom. The fourth-order valence-electron chi connectivity index (χ4n) is 5.02. The molecule has 212 valence electrons. The maximum atomic E-state index is 2.99. The van der Waals surface area contributed by atoms with Crippen LogP contribution in [0, 0.1) is 20.9 Å². The van der Waals surface area contributed by atoms with Gasteiger partial charge in [0.1, 0.15) is 0 Å². The molecule has 0 N–H and O–H groups in total. The second-order valence-electron chi connectivity index (χ2n) is 10.2. The van der Waals surface area contributed by atoms with E-state index in [-0.39, 0.29) is 14.9 Å². The Hall–Kier alpha value is -3.22. The molecule has 6 rings (SSSR count). The molecule has 0 saturated carbocycles. The van der Waals surface area contributed by atoms with Crippen LogP contribution in [0.2, 0.25) is 0 Å². The molecule has 5 aromatic rings. The van der Waals surface area contributed by atoms with E-state index in [0.29, 0.717) is 12.1 Å². The first-order chi connectivity index (χ1) is 19.0. The normalized spacial score (nSPS) is 11.2. The third-order valence-corrected chi connectivity index (χ3v) is 8.14. The number of hydrogen-bond acceptors (Lipinski definition) is 1. The van der Waals surface area contributed by atoms with E-state index in [1.54, 1.807) is 0 Å². The van der Waals surface area contributed by atoms with Crippen molar-refractivity contribution in [3.8, 4) is 0 Å². The van der Waals surface area contributed by atoms with Crippen LogP contribution in [0.25, 0.3) is 21.5 Å². The number of allylic oxidation sites excluding steroid dienone is 4. The van der Waals surface area contributed by atoms with Gasteiger partial charge >= 0.3 is 99.2 Å². The molecular weight excluding hydrogens is 574 g/mol. The van der Waals surface area contributed by atoms with Gasteiger partial charge in [-0.1, -0.05) is 36.4 Å². The molecule has 0 unspecified atom stereocenters. The molecule has 0 radical (unpaired) electrons. The van der Waals surface area contributed by atoms with Crippen molar-refractivity contribution in [3.05, 3.63) is 159 Å². The average molecular weight is 617 g/mol. The van der Waals surface area contributed by atoms with Gasteiger partial charge in [-0.15, -0.1) is 40.1 Å². The molecule has 0 fully saturated rings. The van der Waals surface area contributed by atoms with Crippen LogP contribution in [-0.4, -0.2) is 15.3 Å². The van der Waals surface area contributed by atoms with Crippen molar-refractivity contribution in [2.45, 2.75) is 46.2 Å². The minimum atomic E-state index is 0. The van der Waals surface area contributed by atoms with Gasteiger partial charge in [0, 0.05) is 17.8 Å². The van der Waals surface area contributed by atoms with Gasteiger partial charge in [-0.05, 0) is 27.7 Å². The Balaban J connectivity index is 0.000000244. The van der Waals surface area contributed by atoms with E-state index in [1.165, 1.54) is 65.8 Å². The molecule has 0 atom stereocenters. The van der Waals surface area contributed by atoms with Gasteiger partial charge in [-0.3, -0.25) is 6.08 Å². The van der Waals surface area contributed by atoms with Crippen LogP contribution in [0.5, 0.6) is 0 Å². The van der Waals surface area contributed by atoms with E-state index in [2.05, 4.69) is 154 Å². The van der Waals surface area contributed by atoms with E-state index in [0.717, 1.165) is 6.42 Å². The second kappa shape index (κ2) is 16.9. The molecule has 0 heterocycles. The van der Waals surface area contributed by atoms with Crippen LogP contribution in [0.3, 0.4) is 0 Å². The molecule has 0 aromatic heterocycles. The Morgan fingerprint density at radius 3 is 1.73 bits per heavy atom. The SMILES string of the molecule is CC(C)N(c1ccc2c(c1)[cH-]c1ccccc12)C(C)C.[C-]1=CC=CC1.[CH3-].[CH3-].[Zr]=[C](c1ccccc1)c1ccccc1. The molecule has 0 aliphatic heterocycles. The third kappa shape index (κ3) is 9.14. The first kappa shape index (κ1) is 34.0. The summed E-state index contributed by atoms with van der Waals surface area (Å²) in [5, 5.41) is 5.39. The molecule has 1 nitrogen and oxygen atoms in total. The standard InChI is InChI=1S/C19H22N.C13H10.C5H5.2CH3.Zr/c1-13(2)20(14(3)4)17-9-10-19-16(12-17)11-15-7-5-6-8-18(15)19;1-3-7-12(8-4-1)11-13-9-5-2-6-10-13;1-2-4-5-3-1;;;/h5-14H,1-4H3;1-10H;1-3H,4H2;2*1H3;/q-1;;3*-1;. The average Bonchev–Trinajstić information content (AvgIpc) is 3.65. The number of hydrogen-bond donors (Lipinski definition) is 0. The maximum absolute atomic E-state index is 2.99. The van der Waals surface area contributed by atoms with Crippen LogP contribution >= 0.6 is 0 Å². The van der Waals surface area contributed by atoms with Crippen molar-refractivity contribution >= 4 is 30.4 Å². The fraction of sp³-hybridized carbons (Fsp3) is 0.179. The number of nitrogens with zero attached hydrogens (tertiary/aromatic N) is 1. The van der Waals surface area contributed by atoms with Crippen molar-refractivity contribution in [3.63, 3.8) is 0 Å². The van der Waals surface area contributed by atoms with E-state index < -0.39 is 0 Å². The van der Waals surface area contributed by atoms with Gasteiger partial charge in [-0.2, -0.15) is 6.08 Å². The number of anilines is 1. The van der Waals surface area contributed by atoms with Gasteiger partial charge in [0.2, 0.25) is 0 Å². The number of benzene rings is 4. The zero-order valence-electron chi connectivity index (χ0n) is 25.4. The zero-order chi connectivity index (χ0) is 27.6. The topological polar surface area (TPSA) is 3.24 Å². The summed E-state index contributed by atoms with van der Waals surface area (Å²) in [6, 6.07) is 39.9. The zero-order valence-corrected chi connectivity index (χ0v) is 27.9. The van der Waals surface area contributed by atoms with Crippen molar-refractivity contribution in [1.29, 1.82) is 0 Å². The molecule has 2 heteroatoms. The quantitative estimate of drug-likeness (QED) is 0.178. The van der Waals surface area contributed by atoms with Gasteiger partial charge in [0.15, 0.2) is 0 Å². The summed E-state index contributed by atoms with van der Waals surface area (Å²) in [6.07, 6.45) is 10.0. The van der Waals surface area contributed by atoms with E-state index >= 15 is 0 Å². The number of rotatable bonds is 5. The Labute approximate surface area is 263 Å². The van der Waals surface area contributed by atoms with Crippen molar-refractivity contribution in [2.24, 2.45) is 0 Å². The predicted octanol–water partition coefficient (Wildman–Crippen LogP) is 10.3. The molecular formula is C39H43NZr-4. The summed E-state index contributed by atoms with van der Waals surface area (Å²) in [5.74, 6) is 0. The Bertz CT molecular complexity index is 1480. The monoisotopic (exact) mass is 615 g/mol. The van der Waals surface area contributed by atoms with Crippen LogP contribution in [0.15, 0.2) is 127 Å². The van der Waals surface area contributed by atoms with Crippen molar-refractivity contribution in [2.75, 3.05) is 4.90 Å². The second-order valence-corrected chi connectivity index (χ2v) is 11.4. The van der Waals surface area contributed by atoms with Crippen molar-refractivity contribution < 1.29 is 24.2 Å². The fourth-order valence-corrected chi connectivity index (χ4v) is 5.84. The number of fused-ring (bicyclic) bond motifs is 3. The summed E-state index contributed by atoms with van der Waals surface area (Å²) in [4.78, 5) is 2.47. The van der Waals surface area contributed by atoms with E-state index in [1.807, 2.05) is 12.2 Å². The Kier molecular flexibility index (Phi) is 14.0. The first-order valence-electron chi connectivity index (χ1n) is 13.7. The van der Waals surface area contributed by atoms with E-state index in [9.17, 15) is 0 Å². The Morgan fingerprint density at radius 1 is 0.707 bits per heavy atom. The van der Waals surface area contributed by atoms with Crippen LogP contribution in [-0.2, 0) is 24.2 Å². The summed E-state index contributed by atoms with van der Waals surface area (Å²) in [6.45, 7) is 9.02. The van der Waals surface area contributed by atoms with Gasteiger partial charge in [0.25, 0.3) is 0 Å². The third-order valence-electron chi connectivity index (χ3n) is 6.72. The first-order valence-corrected chi connectivity index (χ1v) is 15.0. The van der Waals surface area contributed by atoms with Crippen LogP contribution < -0.4 is 4.90 Å². The van der Waals surface area contributed by atoms with Gasteiger partial charge in [0.05, 0.1) is 0 Å². The van der Waals surface area contributed by atoms with Crippen LogP contribution in [0.4, 0.5) is 5.69 Å². The molecule has 0 amide bonds. The predicted molar refractivity (Wildman–Crippen MR) is 180 cm³/mol. The van der Waals surface area contributed by atoms with Crippen molar-refractivity contribution in [1.82, 2.24) is 0 Å². The molecule has 0 saturated heterocycles. The molecule has 1 aliphatic carbocycles. The summed E-state index contributed by atoms with van der Waals surface area (Å²) in [5.41, 5.74) is 3.98. The van der Waals surface area contributed by atoms with Gasteiger partial charge < -0.3 is 19.8 Å². The molecule has 41 heavy (non-hydrogen) atoms. The van der Waals surface area contributed by atoms with Gasteiger partial charge in [-0.25, -0.2) is 12.2 Å². The summed E-state index contributed by atoms with van der Waals surface area (Å²) < 4.78 is 1.42.